The number of aryl methyl sites for hydroxylation is 1. The third kappa shape index (κ3) is 7.66. The Morgan fingerprint density at radius 2 is 1.26 bits per heavy atom. The summed E-state index contributed by atoms with van der Waals surface area (Å²) in [5, 5.41) is 18.0. The number of carbonyl (C=O) groups is 2. The Balaban J connectivity index is 0.000000183. The van der Waals surface area contributed by atoms with Crippen molar-refractivity contribution in [3.05, 3.63) is 111 Å². The number of allylic oxidation sites excluding steroid dienone is 4. The lowest BCUT2D eigenvalue weighted by Crippen LogP contribution is -2.34. The van der Waals surface area contributed by atoms with Crippen LogP contribution in [-0.2, 0) is 26.5 Å². The molecular formula is C48H57NO4. The van der Waals surface area contributed by atoms with E-state index in [1.165, 1.54) is 82.0 Å². The monoisotopic (exact) mass is 711 g/mol. The van der Waals surface area contributed by atoms with Crippen LogP contribution in [0.2, 0.25) is 0 Å². The van der Waals surface area contributed by atoms with E-state index in [0.29, 0.717) is 0 Å². The van der Waals surface area contributed by atoms with Crippen molar-refractivity contribution < 1.29 is 19.8 Å². The number of aliphatic carboxylic acids is 1. The van der Waals surface area contributed by atoms with E-state index >= 15 is 0 Å². The summed E-state index contributed by atoms with van der Waals surface area (Å²) in [6.45, 7) is 21.0. The lowest BCUT2D eigenvalue weighted by molar-refractivity contribution is -0.130. The molecule has 53 heavy (non-hydrogen) atoms. The van der Waals surface area contributed by atoms with E-state index in [1.807, 2.05) is 6.07 Å². The highest BCUT2D eigenvalue weighted by molar-refractivity contribution is 5.88. The topological polar surface area (TPSA) is 87.5 Å². The van der Waals surface area contributed by atoms with Gasteiger partial charge >= 0.3 is 11.9 Å². The van der Waals surface area contributed by atoms with E-state index in [-0.39, 0.29) is 39.1 Å². The van der Waals surface area contributed by atoms with Crippen LogP contribution in [0, 0.1) is 24.7 Å². The van der Waals surface area contributed by atoms with Gasteiger partial charge in [0.05, 0.1) is 5.56 Å². The fourth-order valence-corrected chi connectivity index (χ4v) is 9.17. The number of aromatic carboxylic acids is 1. The van der Waals surface area contributed by atoms with Gasteiger partial charge in [-0.05, 0) is 142 Å². The van der Waals surface area contributed by atoms with E-state index in [4.69, 9.17) is 10.2 Å². The summed E-state index contributed by atoms with van der Waals surface area (Å²) >= 11 is 0. The van der Waals surface area contributed by atoms with Crippen molar-refractivity contribution in [1.29, 1.82) is 0 Å². The number of nitrogens with zero attached hydrogens (tertiary/aromatic N) is 1. The predicted molar refractivity (Wildman–Crippen MR) is 215 cm³/mol. The highest BCUT2D eigenvalue weighted by atomic mass is 16.4. The molecule has 5 nitrogen and oxygen atoms in total. The first kappa shape index (κ1) is 38.3. The zero-order valence-electron chi connectivity index (χ0n) is 33.2. The van der Waals surface area contributed by atoms with Crippen molar-refractivity contribution in [3.8, 4) is 11.8 Å². The number of carboxylic acids is 2. The second kappa shape index (κ2) is 14.1. The Labute approximate surface area is 317 Å². The minimum Gasteiger partial charge on any atom is -0.478 e. The molecule has 4 aliphatic carbocycles. The molecule has 3 aromatic rings. The van der Waals surface area contributed by atoms with E-state index < -0.39 is 11.9 Å². The molecule has 0 spiro atoms. The fraction of sp³-hybridized carbons (Fsp3) is 0.479. The van der Waals surface area contributed by atoms with Crippen LogP contribution in [0.3, 0.4) is 0 Å². The normalized spacial score (nSPS) is 22.8. The maximum absolute atomic E-state index is 11.1. The SMILES string of the molecule is CC1(C)CCC(C)(C)c2cc(C3=CCCC3c3ccc(C(=O)O)cn3)ccc21.Cc1cc2c(cc1C1=CCCC1C#CC(=O)O)C(C)(C)CCC2(C)C. The van der Waals surface area contributed by atoms with Gasteiger partial charge in [-0.2, -0.15) is 0 Å². The van der Waals surface area contributed by atoms with Gasteiger partial charge in [-0.3, -0.25) is 4.98 Å². The van der Waals surface area contributed by atoms with Crippen molar-refractivity contribution in [2.24, 2.45) is 5.92 Å². The molecule has 7 rings (SSSR count). The molecule has 5 heteroatoms. The Morgan fingerprint density at radius 1 is 0.698 bits per heavy atom. The Kier molecular flexibility index (Phi) is 10.2. The van der Waals surface area contributed by atoms with Crippen LogP contribution in [0.5, 0.6) is 0 Å². The Morgan fingerprint density at radius 3 is 1.85 bits per heavy atom. The van der Waals surface area contributed by atoms with Crippen LogP contribution in [0.15, 0.2) is 60.8 Å². The van der Waals surface area contributed by atoms with Gasteiger partial charge in [0.25, 0.3) is 0 Å². The van der Waals surface area contributed by atoms with Crippen molar-refractivity contribution in [2.45, 2.75) is 141 Å². The third-order valence-corrected chi connectivity index (χ3v) is 12.8. The third-order valence-electron chi connectivity index (χ3n) is 12.8. The summed E-state index contributed by atoms with van der Waals surface area (Å²) in [5.74, 6) is 3.58. The summed E-state index contributed by atoms with van der Waals surface area (Å²) in [6.07, 6.45) is 14.8. The van der Waals surface area contributed by atoms with Crippen molar-refractivity contribution >= 4 is 23.1 Å². The second-order valence-corrected chi connectivity index (χ2v) is 18.4. The first-order chi connectivity index (χ1) is 24.8. The molecule has 2 N–H and O–H groups in total. The van der Waals surface area contributed by atoms with Gasteiger partial charge in [-0.1, -0.05) is 104 Å². The summed E-state index contributed by atoms with van der Waals surface area (Å²) < 4.78 is 0. The van der Waals surface area contributed by atoms with Crippen LogP contribution in [0.4, 0.5) is 0 Å². The molecule has 0 radical (unpaired) electrons. The van der Waals surface area contributed by atoms with Crippen molar-refractivity contribution in [3.63, 3.8) is 0 Å². The van der Waals surface area contributed by atoms with Crippen LogP contribution in [0.1, 0.15) is 168 Å². The van der Waals surface area contributed by atoms with Gasteiger partial charge in [0.2, 0.25) is 0 Å². The van der Waals surface area contributed by atoms with Gasteiger partial charge in [0.1, 0.15) is 0 Å². The molecule has 0 aliphatic heterocycles. The van der Waals surface area contributed by atoms with Crippen molar-refractivity contribution in [1.82, 2.24) is 4.98 Å². The highest BCUT2D eigenvalue weighted by Crippen LogP contribution is 2.50. The van der Waals surface area contributed by atoms with Crippen LogP contribution < -0.4 is 0 Å². The molecule has 0 bridgehead atoms. The number of carboxylic acid groups (broad SMARTS) is 2. The first-order valence-corrected chi connectivity index (χ1v) is 19.5. The van der Waals surface area contributed by atoms with E-state index in [1.54, 1.807) is 6.07 Å². The van der Waals surface area contributed by atoms with Gasteiger partial charge < -0.3 is 10.2 Å². The van der Waals surface area contributed by atoms with Gasteiger partial charge in [-0.15, -0.1) is 0 Å². The number of aromatic nitrogens is 1. The number of fused-ring (bicyclic) bond motifs is 2. The van der Waals surface area contributed by atoms with Crippen molar-refractivity contribution in [2.75, 3.05) is 0 Å². The van der Waals surface area contributed by atoms with E-state index in [0.717, 1.165) is 31.4 Å². The van der Waals surface area contributed by atoms with Gasteiger partial charge in [-0.25, -0.2) is 9.59 Å². The molecule has 1 aromatic heterocycles. The average molecular weight is 712 g/mol. The molecule has 278 valence electrons. The van der Waals surface area contributed by atoms with E-state index in [2.05, 4.69) is 122 Å². The summed E-state index contributed by atoms with van der Waals surface area (Å²) in [4.78, 5) is 26.4. The number of hydrogen-bond donors (Lipinski definition) is 2. The average Bonchev–Trinajstić information content (AvgIpc) is 3.79. The predicted octanol–water partition coefficient (Wildman–Crippen LogP) is 11.3. The van der Waals surface area contributed by atoms with E-state index in [9.17, 15) is 9.59 Å². The summed E-state index contributed by atoms with van der Waals surface area (Å²) in [5.41, 5.74) is 14.2. The summed E-state index contributed by atoms with van der Waals surface area (Å²) in [6, 6.07) is 15.3. The first-order valence-electron chi connectivity index (χ1n) is 19.5. The molecule has 0 amide bonds. The maximum Gasteiger partial charge on any atom is 0.381 e. The quantitative estimate of drug-likeness (QED) is 0.263. The lowest BCUT2D eigenvalue weighted by Gasteiger charge is -2.42. The van der Waals surface area contributed by atoms with Gasteiger partial charge in [0, 0.05) is 29.6 Å². The summed E-state index contributed by atoms with van der Waals surface area (Å²) in [7, 11) is 0. The smallest absolute Gasteiger partial charge is 0.381 e. The largest absolute Gasteiger partial charge is 0.478 e. The number of pyridine rings is 1. The van der Waals surface area contributed by atoms with Crippen LogP contribution in [0.25, 0.3) is 11.1 Å². The molecule has 2 unspecified atom stereocenters. The number of rotatable bonds is 4. The minimum atomic E-state index is -1.05. The van der Waals surface area contributed by atoms with Crippen LogP contribution >= 0.6 is 0 Å². The molecule has 2 atom stereocenters. The molecule has 0 saturated carbocycles. The highest BCUT2D eigenvalue weighted by Gasteiger charge is 2.39. The molecule has 1 heterocycles. The minimum absolute atomic E-state index is 0.0348. The van der Waals surface area contributed by atoms with Gasteiger partial charge in [0.15, 0.2) is 0 Å². The zero-order valence-corrected chi connectivity index (χ0v) is 33.2. The standard InChI is InChI=1S/C25H29NO2.C23H28O2/c1-24(2)12-13-25(3,4)21-14-16(8-10-20(21)24)18-6-5-7-19(18)22-11-9-17(15-26-22)23(27)28;1-15-13-19-20(23(4,5)12-11-22(19,2)3)14-18(15)17-8-6-7-16(17)9-10-21(24)25/h6,8-11,14-15,19H,5,7,12-13H2,1-4H3,(H,27,28);8,13-14,16H,6-7,11-12H2,1-5H3,(H,24,25). The number of benzene rings is 2. The molecular weight excluding hydrogens is 655 g/mol. The Hall–Kier alpha value is -4.43. The molecule has 2 aromatic carbocycles. The fourth-order valence-electron chi connectivity index (χ4n) is 9.17. The molecule has 0 fully saturated rings. The number of hydrogen-bond acceptors (Lipinski definition) is 3. The second-order valence-electron chi connectivity index (χ2n) is 18.4. The lowest BCUT2D eigenvalue weighted by atomic mass is 9.62. The Bertz CT molecular complexity index is 2060. The maximum atomic E-state index is 11.1. The molecule has 0 saturated heterocycles. The van der Waals surface area contributed by atoms with Crippen LogP contribution in [-0.4, -0.2) is 27.1 Å². The molecule has 4 aliphatic rings. The zero-order chi connectivity index (χ0) is 38.5.